The van der Waals surface area contributed by atoms with Crippen LogP contribution in [0, 0.1) is 0 Å². The highest BCUT2D eigenvalue weighted by atomic mass is 16.5. The second-order valence-corrected chi connectivity index (χ2v) is 6.03. The lowest BCUT2D eigenvalue weighted by Gasteiger charge is -2.11. The van der Waals surface area contributed by atoms with E-state index in [0.29, 0.717) is 6.61 Å². The maximum absolute atomic E-state index is 12.4. The number of ether oxygens (including phenoxy) is 1. The van der Waals surface area contributed by atoms with E-state index in [9.17, 15) is 4.79 Å². The largest absolute Gasteiger partial charge is 0.488 e. The standard InChI is InChI=1S/C22H18N2O2/c25-22-15-20(23-24(22)18-11-5-2-6-12-18)19-13-7-8-14-21(19)26-16-17-9-3-1-4-10-17/h1-14H,15-16H2. The van der Waals surface area contributed by atoms with E-state index >= 15 is 0 Å². The van der Waals surface area contributed by atoms with Gasteiger partial charge in [-0.15, -0.1) is 0 Å². The van der Waals surface area contributed by atoms with E-state index in [0.717, 1.165) is 28.3 Å². The average molecular weight is 342 g/mol. The average Bonchev–Trinajstić information content (AvgIpc) is 3.09. The van der Waals surface area contributed by atoms with E-state index in [-0.39, 0.29) is 12.3 Å². The Hall–Kier alpha value is -3.40. The first-order valence-electron chi connectivity index (χ1n) is 8.53. The molecule has 1 aliphatic rings. The van der Waals surface area contributed by atoms with Gasteiger partial charge in [0.05, 0.1) is 17.8 Å². The quantitative estimate of drug-likeness (QED) is 0.689. The van der Waals surface area contributed by atoms with E-state index in [1.807, 2.05) is 84.9 Å². The molecule has 1 amide bonds. The molecule has 26 heavy (non-hydrogen) atoms. The molecule has 0 bridgehead atoms. The number of rotatable bonds is 5. The Balaban J connectivity index is 1.59. The van der Waals surface area contributed by atoms with E-state index in [1.54, 1.807) is 0 Å². The van der Waals surface area contributed by atoms with Crippen molar-refractivity contribution in [3.05, 3.63) is 96.1 Å². The zero-order chi connectivity index (χ0) is 17.8. The lowest BCUT2D eigenvalue weighted by Crippen LogP contribution is -2.19. The minimum atomic E-state index is -0.0379. The van der Waals surface area contributed by atoms with Gasteiger partial charge in [0.1, 0.15) is 12.4 Å². The van der Waals surface area contributed by atoms with Crippen LogP contribution in [0.4, 0.5) is 5.69 Å². The summed E-state index contributed by atoms with van der Waals surface area (Å²) in [5.74, 6) is 0.696. The molecule has 0 unspecified atom stereocenters. The summed E-state index contributed by atoms with van der Waals surface area (Å²) in [5.41, 5.74) is 3.45. The monoisotopic (exact) mass is 342 g/mol. The number of benzene rings is 3. The lowest BCUT2D eigenvalue weighted by molar-refractivity contribution is -0.116. The van der Waals surface area contributed by atoms with Crippen molar-refractivity contribution in [2.45, 2.75) is 13.0 Å². The van der Waals surface area contributed by atoms with Crippen molar-refractivity contribution in [3.8, 4) is 5.75 Å². The molecule has 4 rings (SSSR count). The summed E-state index contributed by atoms with van der Waals surface area (Å²) in [6.45, 7) is 0.474. The maximum Gasteiger partial charge on any atom is 0.253 e. The van der Waals surface area contributed by atoms with Gasteiger partial charge in [-0.2, -0.15) is 5.10 Å². The van der Waals surface area contributed by atoms with Gasteiger partial charge < -0.3 is 4.74 Å². The fourth-order valence-corrected chi connectivity index (χ4v) is 2.92. The normalized spacial score (nSPS) is 13.6. The third kappa shape index (κ3) is 3.35. The summed E-state index contributed by atoms with van der Waals surface area (Å²) in [4.78, 5) is 12.4. The van der Waals surface area contributed by atoms with Gasteiger partial charge in [-0.25, -0.2) is 5.01 Å². The van der Waals surface area contributed by atoms with Crippen LogP contribution in [0.3, 0.4) is 0 Å². The van der Waals surface area contributed by atoms with Crippen molar-refractivity contribution in [2.24, 2.45) is 5.10 Å². The molecule has 0 radical (unpaired) electrons. The van der Waals surface area contributed by atoms with E-state index < -0.39 is 0 Å². The molecular formula is C22H18N2O2. The number of para-hydroxylation sites is 2. The van der Waals surface area contributed by atoms with Crippen molar-refractivity contribution in [1.29, 1.82) is 0 Å². The predicted molar refractivity (Wildman–Crippen MR) is 102 cm³/mol. The van der Waals surface area contributed by atoms with Gasteiger partial charge in [-0.1, -0.05) is 60.7 Å². The summed E-state index contributed by atoms with van der Waals surface area (Å²) >= 11 is 0. The topological polar surface area (TPSA) is 41.9 Å². The summed E-state index contributed by atoms with van der Waals surface area (Å²) in [6, 6.07) is 27.2. The minimum Gasteiger partial charge on any atom is -0.488 e. The number of hydrazone groups is 1. The van der Waals surface area contributed by atoms with Crippen LogP contribution in [0.1, 0.15) is 17.5 Å². The van der Waals surface area contributed by atoms with E-state index in [4.69, 9.17) is 4.74 Å². The summed E-state index contributed by atoms with van der Waals surface area (Å²) in [7, 11) is 0. The number of amides is 1. The molecule has 0 N–H and O–H groups in total. The molecule has 128 valence electrons. The maximum atomic E-state index is 12.4. The van der Waals surface area contributed by atoms with Crippen LogP contribution < -0.4 is 9.75 Å². The molecule has 3 aromatic rings. The molecule has 0 saturated heterocycles. The van der Waals surface area contributed by atoms with Crippen LogP contribution in [0.2, 0.25) is 0 Å². The Morgan fingerprint density at radius 2 is 1.50 bits per heavy atom. The predicted octanol–water partition coefficient (Wildman–Crippen LogP) is 4.41. The summed E-state index contributed by atoms with van der Waals surface area (Å²) < 4.78 is 6.00. The molecule has 0 aromatic heterocycles. The smallest absolute Gasteiger partial charge is 0.253 e. The van der Waals surface area contributed by atoms with Gasteiger partial charge in [0, 0.05) is 5.56 Å². The fourth-order valence-electron chi connectivity index (χ4n) is 2.92. The first kappa shape index (κ1) is 16.1. The first-order valence-corrected chi connectivity index (χ1v) is 8.53. The highest BCUT2D eigenvalue weighted by Crippen LogP contribution is 2.27. The van der Waals surface area contributed by atoms with Gasteiger partial charge in [0.15, 0.2) is 0 Å². The van der Waals surface area contributed by atoms with Crippen molar-refractivity contribution in [3.63, 3.8) is 0 Å². The van der Waals surface area contributed by atoms with Crippen LogP contribution in [0.5, 0.6) is 5.75 Å². The first-order chi connectivity index (χ1) is 12.8. The van der Waals surface area contributed by atoms with Crippen molar-refractivity contribution in [2.75, 3.05) is 5.01 Å². The molecule has 1 aliphatic heterocycles. The van der Waals surface area contributed by atoms with Crippen LogP contribution >= 0.6 is 0 Å². The molecule has 4 heteroatoms. The minimum absolute atomic E-state index is 0.0379. The molecule has 0 saturated carbocycles. The third-order valence-electron chi connectivity index (χ3n) is 4.21. The highest BCUT2D eigenvalue weighted by Gasteiger charge is 2.27. The Labute approximate surface area is 152 Å². The Morgan fingerprint density at radius 3 is 2.27 bits per heavy atom. The number of hydrogen-bond donors (Lipinski definition) is 0. The fraction of sp³-hybridized carbons (Fsp3) is 0.0909. The zero-order valence-electron chi connectivity index (χ0n) is 14.2. The van der Waals surface area contributed by atoms with Gasteiger partial charge in [-0.05, 0) is 29.8 Å². The molecule has 0 aliphatic carbocycles. The number of carbonyl (C=O) groups excluding carboxylic acids is 1. The molecule has 0 spiro atoms. The highest BCUT2D eigenvalue weighted by molar-refractivity contribution is 6.20. The second kappa shape index (κ2) is 7.23. The van der Waals surface area contributed by atoms with Crippen LogP contribution in [0.25, 0.3) is 0 Å². The number of carbonyl (C=O) groups is 1. The molecule has 0 fully saturated rings. The van der Waals surface area contributed by atoms with E-state index in [1.165, 1.54) is 5.01 Å². The van der Waals surface area contributed by atoms with Crippen molar-refractivity contribution < 1.29 is 9.53 Å². The summed E-state index contributed by atoms with van der Waals surface area (Å²) in [5, 5.41) is 6.01. The SMILES string of the molecule is O=C1CC(c2ccccc2OCc2ccccc2)=NN1c1ccccc1. The number of hydrogen-bond acceptors (Lipinski definition) is 3. The second-order valence-electron chi connectivity index (χ2n) is 6.03. The Kier molecular flexibility index (Phi) is 4.48. The number of anilines is 1. The molecular weight excluding hydrogens is 324 g/mol. The van der Waals surface area contributed by atoms with Crippen molar-refractivity contribution in [1.82, 2.24) is 0 Å². The van der Waals surface area contributed by atoms with Crippen LogP contribution in [0.15, 0.2) is 90.0 Å². The summed E-state index contributed by atoms with van der Waals surface area (Å²) in [6.07, 6.45) is 0.264. The molecule has 4 nitrogen and oxygen atoms in total. The van der Waals surface area contributed by atoms with Gasteiger partial charge in [0.25, 0.3) is 5.91 Å². The zero-order valence-corrected chi connectivity index (χ0v) is 14.2. The third-order valence-corrected chi connectivity index (χ3v) is 4.21. The van der Waals surface area contributed by atoms with Gasteiger partial charge >= 0.3 is 0 Å². The van der Waals surface area contributed by atoms with Crippen molar-refractivity contribution >= 4 is 17.3 Å². The molecule has 3 aromatic carbocycles. The Bertz CT molecular complexity index is 937. The van der Waals surface area contributed by atoms with Crippen LogP contribution in [-0.4, -0.2) is 11.6 Å². The van der Waals surface area contributed by atoms with Gasteiger partial charge in [0.2, 0.25) is 0 Å². The molecule has 0 atom stereocenters. The van der Waals surface area contributed by atoms with Gasteiger partial charge in [-0.3, -0.25) is 4.79 Å². The Morgan fingerprint density at radius 1 is 0.846 bits per heavy atom. The van der Waals surface area contributed by atoms with Crippen LogP contribution in [-0.2, 0) is 11.4 Å². The van der Waals surface area contributed by atoms with E-state index in [2.05, 4.69) is 5.10 Å². The number of nitrogens with zero attached hydrogens (tertiary/aromatic N) is 2. The lowest BCUT2D eigenvalue weighted by atomic mass is 10.1. The molecule has 1 heterocycles.